The number of aryl methyl sites for hydroxylation is 2. The Bertz CT molecular complexity index is 779. The lowest BCUT2D eigenvalue weighted by Gasteiger charge is -2.23. The number of fused-ring (bicyclic) bond motifs is 2. The summed E-state index contributed by atoms with van der Waals surface area (Å²) in [5.41, 5.74) is 3.92. The van der Waals surface area contributed by atoms with Crippen LogP contribution in [-0.4, -0.2) is 22.1 Å². The normalized spacial score (nSPS) is 13.5. The first-order valence-electron chi connectivity index (χ1n) is 7.84. The Hall–Kier alpha value is -2.07. The largest absolute Gasteiger partial charge is 0.343 e. The van der Waals surface area contributed by atoms with Crippen LogP contribution in [0.5, 0.6) is 0 Å². The molecule has 0 aliphatic carbocycles. The third-order valence-electron chi connectivity index (χ3n) is 4.28. The number of benzene rings is 1. The molecular weight excluding hydrogens is 312 g/mol. The van der Waals surface area contributed by atoms with Crippen molar-refractivity contribution in [2.75, 3.05) is 10.8 Å². The maximum Gasteiger partial charge on any atom is 0.246 e. The van der Waals surface area contributed by atoms with Crippen LogP contribution in [0.15, 0.2) is 30.5 Å². The molecule has 2 heterocycles. The fourth-order valence-electron chi connectivity index (χ4n) is 3.23. The van der Waals surface area contributed by atoms with E-state index in [0.717, 1.165) is 23.2 Å². The Morgan fingerprint density at radius 1 is 1.26 bits per heavy atom. The number of amides is 1. The number of hydrogen-bond donors (Lipinski definition) is 0. The van der Waals surface area contributed by atoms with Crippen molar-refractivity contribution in [3.05, 3.63) is 47.3 Å². The predicted octanol–water partition coefficient (Wildman–Crippen LogP) is 3.71. The van der Waals surface area contributed by atoms with Gasteiger partial charge in [-0.15, -0.1) is 11.6 Å². The lowest BCUT2D eigenvalue weighted by atomic mass is 10.1. The van der Waals surface area contributed by atoms with Crippen LogP contribution >= 0.6 is 11.6 Å². The standard InChI is InChI=1S/C18H19ClN2O2/c1-3-12-11-20(4-2)18-15(22)9-13-7-5-6-8-14(13)21(17(12)18)16(23)10-19/h5-8,11H,3-4,9-10H2,1-2H3. The van der Waals surface area contributed by atoms with E-state index in [0.29, 0.717) is 24.3 Å². The molecule has 0 saturated carbocycles. The van der Waals surface area contributed by atoms with Crippen LogP contribution < -0.4 is 4.90 Å². The molecule has 0 radical (unpaired) electrons. The third kappa shape index (κ3) is 2.47. The van der Waals surface area contributed by atoms with Crippen LogP contribution in [0, 0.1) is 0 Å². The molecule has 4 nitrogen and oxygen atoms in total. The molecule has 120 valence electrons. The van der Waals surface area contributed by atoms with Crippen molar-refractivity contribution in [1.82, 2.24) is 4.57 Å². The van der Waals surface area contributed by atoms with E-state index in [1.54, 1.807) is 4.90 Å². The molecule has 23 heavy (non-hydrogen) atoms. The van der Waals surface area contributed by atoms with E-state index in [2.05, 4.69) is 0 Å². The van der Waals surface area contributed by atoms with Crippen LogP contribution in [0.1, 0.15) is 35.5 Å². The van der Waals surface area contributed by atoms with Crippen molar-refractivity contribution >= 4 is 34.7 Å². The van der Waals surface area contributed by atoms with Gasteiger partial charge < -0.3 is 4.57 Å². The molecule has 0 N–H and O–H groups in total. The third-order valence-corrected chi connectivity index (χ3v) is 4.51. The quantitative estimate of drug-likeness (QED) is 0.805. The number of hydrogen-bond acceptors (Lipinski definition) is 2. The maximum atomic E-state index is 12.8. The minimum Gasteiger partial charge on any atom is -0.343 e. The average molecular weight is 331 g/mol. The first-order valence-corrected chi connectivity index (χ1v) is 8.37. The number of aromatic nitrogens is 1. The number of ketones is 1. The number of halogens is 1. The minimum absolute atomic E-state index is 0.0406. The van der Waals surface area contributed by atoms with Crippen LogP contribution in [0.25, 0.3) is 0 Å². The maximum absolute atomic E-state index is 12.8. The highest BCUT2D eigenvalue weighted by molar-refractivity contribution is 6.31. The minimum atomic E-state index is -0.210. The molecule has 1 aromatic carbocycles. The second-order valence-electron chi connectivity index (χ2n) is 5.58. The van der Waals surface area contributed by atoms with Crippen molar-refractivity contribution in [3.8, 4) is 0 Å². The van der Waals surface area contributed by atoms with Gasteiger partial charge in [0.25, 0.3) is 0 Å². The van der Waals surface area contributed by atoms with Gasteiger partial charge in [0.05, 0.1) is 11.4 Å². The summed E-state index contributed by atoms with van der Waals surface area (Å²) in [6.45, 7) is 4.71. The van der Waals surface area contributed by atoms with E-state index >= 15 is 0 Å². The van der Waals surface area contributed by atoms with Crippen molar-refractivity contribution in [1.29, 1.82) is 0 Å². The number of para-hydroxylation sites is 1. The average Bonchev–Trinajstić information content (AvgIpc) is 2.88. The Balaban J connectivity index is 2.35. The second kappa shape index (κ2) is 6.20. The van der Waals surface area contributed by atoms with Crippen molar-refractivity contribution in [3.63, 3.8) is 0 Å². The lowest BCUT2D eigenvalue weighted by Crippen LogP contribution is -2.28. The molecule has 0 saturated heterocycles. The van der Waals surface area contributed by atoms with Gasteiger partial charge in [-0.3, -0.25) is 14.5 Å². The first-order chi connectivity index (χ1) is 11.1. The summed E-state index contributed by atoms with van der Waals surface area (Å²) in [6.07, 6.45) is 3.02. The molecule has 2 aromatic rings. The van der Waals surface area contributed by atoms with Crippen LogP contribution in [0.4, 0.5) is 11.4 Å². The SMILES string of the molecule is CCc1cn(CC)c2c1N(C(=O)CCl)c1ccccc1CC2=O. The summed E-state index contributed by atoms with van der Waals surface area (Å²) in [5, 5.41) is 0. The fourth-order valence-corrected chi connectivity index (χ4v) is 3.35. The number of anilines is 2. The zero-order valence-corrected chi connectivity index (χ0v) is 14.1. The van der Waals surface area contributed by atoms with Crippen LogP contribution in [-0.2, 0) is 24.2 Å². The van der Waals surface area contributed by atoms with E-state index in [9.17, 15) is 9.59 Å². The van der Waals surface area contributed by atoms with Crippen molar-refractivity contribution in [2.24, 2.45) is 0 Å². The van der Waals surface area contributed by atoms with Crippen molar-refractivity contribution in [2.45, 2.75) is 33.2 Å². The van der Waals surface area contributed by atoms with E-state index in [-0.39, 0.29) is 17.6 Å². The molecule has 0 bridgehead atoms. The molecular formula is C18H19ClN2O2. The number of rotatable bonds is 3. The molecule has 1 amide bonds. The van der Waals surface area contributed by atoms with Gasteiger partial charge in [0.1, 0.15) is 11.6 Å². The Labute approximate surface area is 140 Å². The molecule has 0 fully saturated rings. The summed E-state index contributed by atoms with van der Waals surface area (Å²) in [5.74, 6) is -0.292. The highest BCUT2D eigenvalue weighted by Crippen LogP contribution is 2.39. The van der Waals surface area contributed by atoms with E-state index in [1.807, 2.05) is 48.9 Å². The van der Waals surface area contributed by atoms with Gasteiger partial charge in [-0.1, -0.05) is 25.1 Å². The first kappa shape index (κ1) is 15.8. The molecule has 0 spiro atoms. The molecule has 1 aliphatic rings. The lowest BCUT2D eigenvalue weighted by molar-refractivity contribution is -0.115. The molecule has 1 aliphatic heterocycles. The summed E-state index contributed by atoms with van der Waals surface area (Å²) < 4.78 is 1.94. The Morgan fingerprint density at radius 3 is 2.65 bits per heavy atom. The van der Waals surface area contributed by atoms with Gasteiger partial charge in [-0.2, -0.15) is 0 Å². The van der Waals surface area contributed by atoms with E-state index in [1.165, 1.54) is 0 Å². The van der Waals surface area contributed by atoms with Gasteiger partial charge in [0.15, 0.2) is 5.78 Å². The zero-order chi connectivity index (χ0) is 16.6. The second-order valence-corrected chi connectivity index (χ2v) is 5.85. The number of nitrogens with zero attached hydrogens (tertiary/aromatic N) is 2. The number of Topliss-reactive ketones (excluding diaryl/α,β-unsaturated/α-hetero) is 1. The molecule has 3 rings (SSSR count). The highest BCUT2D eigenvalue weighted by atomic mass is 35.5. The van der Waals surface area contributed by atoms with E-state index in [4.69, 9.17) is 11.6 Å². The van der Waals surface area contributed by atoms with Gasteiger partial charge >= 0.3 is 0 Å². The van der Waals surface area contributed by atoms with Crippen LogP contribution in [0.3, 0.4) is 0 Å². The Kier molecular flexibility index (Phi) is 4.26. The van der Waals surface area contributed by atoms with Gasteiger partial charge in [0.2, 0.25) is 5.91 Å². The Morgan fingerprint density at radius 2 is 2.00 bits per heavy atom. The zero-order valence-electron chi connectivity index (χ0n) is 13.3. The van der Waals surface area contributed by atoms with Crippen LogP contribution in [0.2, 0.25) is 0 Å². The number of carbonyl (C=O) groups excluding carboxylic acids is 2. The smallest absolute Gasteiger partial charge is 0.246 e. The molecule has 0 atom stereocenters. The van der Waals surface area contributed by atoms with Gasteiger partial charge in [0, 0.05) is 19.2 Å². The molecule has 1 aromatic heterocycles. The summed E-state index contributed by atoms with van der Waals surface area (Å²) in [4.78, 5) is 27.1. The van der Waals surface area contributed by atoms with Gasteiger partial charge in [-0.25, -0.2) is 0 Å². The molecule has 0 unspecified atom stereocenters. The van der Waals surface area contributed by atoms with Gasteiger partial charge in [-0.05, 0) is 30.5 Å². The number of alkyl halides is 1. The number of carbonyl (C=O) groups is 2. The van der Waals surface area contributed by atoms with Crippen molar-refractivity contribution < 1.29 is 9.59 Å². The summed E-state index contributed by atoms with van der Waals surface area (Å²) in [6, 6.07) is 7.55. The summed E-state index contributed by atoms with van der Waals surface area (Å²) in [7, 11) is 0. The monoisotopic (exact) mass is 330 g/mol. The highest BCUT2D eigenvalue weighted by Gasteiger charge is 2.33. The predicted molar refractivity (Wildman–Crippen MR) is 91.8 cm³/mol. The topological polar surface area (TPSA) is 42.3 Å². The molecule has 5 heteroatoms. The fraction of sp³-hybridized carbons (Fsp3) is 0.333. The van der Waals surface area contributed by atoms with E-state index < -0.39 is 0 Å². The summed E-state index contributed by atoms with van der Waals surface area (Å²) >= 11 is 5.86.